The lowest BCUT2D eigenvalue weighted by Crippen LogP contribution is -2.25. The molecule has 26 heavy (non-hydrogen) atoms. The number of aromatic nitrogens is 1. The number of pyridine rings is 1. The number of hydrogen-bond donors (Lipinski definition) is 1. The molecule has 1 aliphatic heterocycles. The van der Waals surface area contributed by atoms with Crippen molar-refractivity contribution in [3.63, 3.8) is 0 Å². The van der Waals surface area contributed by atoms with Gasteiger partial charge in [-0.15, -0.1) is 13.2 Å². The molecule has 0 saturated heterocycles. The number of anilines is 1. The number of halogens is 3. The number of alkyl halides is 3. The highest BCUT2D eigenvalue weighted by molar-refractivity contribution is 5.94. The van der Waals surface area contributed by atoms with Crippen LogP contribution in [-0.4, -0.2) is 30.3 Å². The van der Waals surface area contributed by atoms with Gasteiger partial charge < -0.3 is 15.0 Å². The Kier molecular flexibility index (Phi) is 5.11. The van der Waals surface area contributed by atoms with E-state index in [1.807, 2.05) is 17.1 Å². The van der Waals surface area contributed by atoms with Gasteiger partial charge in [0.25, 0.3) is 5.91 Å². The summed E-state index contributed by atoms with van der Waals surface area (Å²) in [6, 6.07) is 9.04. The van der Waals surface area contributed by atoms with Crippen molar-refractivity contribution in [2.24, 2.45) is 0 Å². The lowest BCUT2D eigenvalue weighted by Gasteiger charge is -2.16. The van der Waals surface area contributed by atoms with Crippen LogP contribution in [0.4, 0.5) is 19.0 Å². The van der Waals surface area contributed by atoms with Gasteiger partial charge in [0.1, 0.15) is 11.6 Å². The van der Waals surface area contributed by atoms with E-state index in [4.69, 9.17) is 0 Å². The quantitative estimate of drug-likeness (QED) is 0.829. The number of benzene rings is 1. The average Bonchev–Trinajstić information content (AvgIpc) is 3.14. The number of ether oxygens (including phenoxy) is 1. The Morgan fingerprint density at radius 2 is 1.88 bits per heavy atom. The highest BCUT2D eigenvalue weighted by Crippen LogP contribution is 2.26. The first-order valence-electron chi connectivity index (χ1n) is 7.90. The molecule has 0 unspecified atom stereocenters. The SMILES string of the molecule is O=C(NCc1ccccc1OC(F)(F)F)c1ccc(N2CC=CC2)nc1. The van der Waals surface area contributed by atoms with E-state index in [9.17, 15) is 18.0 Å². The zero-order valence-electron chi connectivity index (χ0n) is 13.7. The average molecular weight is 363 g/mol. The first-order valence-corrected chi connectivity index (χ1v) is 7.90. The minimum atomic E-state index is -4.79. The van der Waals surface area contributed by atoms with Crippen LogP contribution in [0.2, 0.25) is 0 Å². The van der Waals surface area contributed by atoms with Crippen molar-refractivity contribution in [2.75, 3.05) is 18.0 Å². The fourth-order valence-corrected chi connectivity index (χ4v) is 2.52. The van der Waals surface area contributed by atoms with Gasteiger partial charge in [-0.25, -0.2) is 4.98 Å². The molecule has 2 aromatic rings. The zero-order valence-corrected chi connectivity index (χ0v) is 13.7. The molecule has 1 aromatic heterocycles. The Balaban J connectivity index is 1.62. The van der Waals surface area contributed by atoms with Gasteiger partial charge in [-0.05, 0) is 18.2 Å². The molecule has 3 rings (SSSR count). The van der Waals surface area contributed by atoms with Crippen LogP contribution in [0.1, 0.15) is 15.9 Å². The zero-order chi connectivity index (χ0) is 18.6. The third-order valence-electron chi connectivity index (χ3n) is 3.79. The Labute approximate surface area is 148 Å². The molecule has 0 bridgehead atoms. The summed E-state index contributed by atoms with van der Waals surface area (Å²) in [6.45, 7) is 1.45. The maximum absolute atomic E-state index is 12.4. The minimum absolute atomic E-state index is 0.0944. The molecule has 8 heteroatoms. The van der Waals surface area contributed by atoms with E-state index in [1.165, 1.54) is 24.4 Å². The summed E-state index contributed by atoms with van der Waals surface area (Å²) in [7, 11) is 0. The van der Waals surface area contributed by atoms with Gasteiger partial charge in [0.2, 0.25) is 0 Å². The number of carbonyl (C=O) groups excluding carboxylic acids is 1. The predicted molar refractivity (Wildman–Crippen MR) is 89.9 cm³/mol. The van der Waals surface area contributed by atoms with Gasteiger partial charge in [0.15, 0.2) is 0 Å². The normalized spacial score (nSPS) is 13.7. The molecule has 0 saturated carbocycles. The number of rotatable bonds is 5. The minimum Gasteiger partial charge on any atom is -0.405 e. The van der Waals surface area contributed by atoms with Crippen LogP contribution >= 0.6 is 0 Å². The lowest BCUT2D eigenvalue weighted by molar-refractivity contribution is -0.274. The van der Waals surface area contributed by atoms with Crippen LogP contribution in [0.15, 0.2) is 54.7 Å². The standard InChI is InChI=1S/C18H16F3N3O2/c19-18(20,21)26-15-6-2-1-5-13(15)11-23-17(25)14-7-8-16(22-12-14)24-9-3-4-10-24/h1-8,12H,9-11H2,(H,23,25). The van der Waals surface area contributed by atoms with Crippen LogP contribution in [0.5, 0.6) is 5.75 Å². The monoisotopic (exact) mass is 363 g/mol. The second-order valence-corrected chi connectivity index (χ2v) is 5.62. The van der Waals surface area contributed by atoms with E-state index in [0.29, 0.717) is 5.56 Å². The number of amides is 1. The van der Waals surface area contributed by atoms with Gasteiger partial charge in [-0.3, -0.25) is 4.79 Å². The second kappa shape index (κ2) is 7.47. The van der Waals surface area contributed by atoms with Crippen molar-refractivity contribution in [3.05, 3.63) is 65.9 Å². The summed E-state index contributed by atoms with van der Waals surface area (Å²) >= 11 is 0. The molecule has 0 fully saturated rings. The summed E-state index contributed by atoms with van der Waals surface area (Å²) in [6.07, 6.45) is 0.719. The maximum Gasteiger partial charge on any atom is 0.573 e. The third-order valence-corrected chi connectivity index (χ3v) is 3.79. The first kappa shape index (κ1) is 17.8. The van der Waals surface area contributed by atoms with Crippen LogP contribution in [-0.2, 0) is 6.54 Å². The molecule has 2 heterocycles. The Morgan fingerprint density at radius 3 is 2.54 bits per heavy atom. The van der Waals surface area contributed by atoms with Crippen LogP contribution in [0, 0.1) is 0 Å². The maximum atomic E-state index is 12.4. The van der Waals surface area contributed by atoms with E-state index in [1.54, 1.807) is 18.2 Å². The fourth-order valence-electron chi connectivity index (χ4n) is 2.52. The molecule has 0 aliphatic carbocycles. The summed E-state index contributed by atoms with van der Waals surface area (Å²) in [4.78, 5) is 18.5. The van der Waals surface area contributed by atoms with Crippen molar-refractivity contribution >= 4 is 11.7 Å². The fraction of sp³-hybridized carbons (Fsp3) is 0.222. The molecule has 5 nitrogen and oxygen atoms in total. The van der Waals surface area contributed by atoms with Crippen LogP contribution in [0.3, 0.4) is 0 Å². The number of nitrogens with one attached hydrogen (secondary N) is 1. The van der Waals surface area contributed by atoms with E-state index < -0.39 is 12.3 Å². The smallest absolute Gasteiger partial charge is 0.405 e. The Hall–Kier alpha value is -3.03. The van der Waals surface area contributed by atoms with Gasteiger partial charge in [-0.1, -0.05) is 30.4 Å². The molecular weight excluding hydrogens is 347 g/mol. The molecule has 1 aromatic carbocycles. The van der Waals surface area contributed by atoms with Crippen molar-refractivity contribution in [1.82, 2.24) is 10.3 Å². The molecule has 1 amide bonds. The lowest BCUT2D eigenvalue weighted by atomic mass is 10.2. The highest BCUT2D eigenvalue weighted by Gasteiger charge is 2.32. The van der Waals surface area contributed by atoms with Gasteiger partial charge in [0.05, 0.1) is 5.56 Å². The van der Waals surface area contributed by atoms with E-state index in [0.717, 1.165) is 18.9 Å². The van der Waals surface area contributed by atoms with E-state index in [-0.39, 0.29) is 17.9 Å². The van der Waals surface area contributed by atoms with E-state index in [2.05, 4.69) is 15.0 Å². The van der Waals surface area contributed by atoms with Crippen molar-refractivity contribution in [3.8, 4) is 5.75 Å². The molecule has 1 aliphatic rings. The second-order valence-electron chi connectivity index (χ2n) is 5.62. The Morgan fingerprint density at radius 1 is 1.15 bits per heavy atom. The van der Waals surface area contributed by atoms with Crippen LogP contribution < -0.4 is 15.0 Å². The Bertz CT molecular complexity index is 796. The predicted octanol–water partition coefficient (Wildman–Crippen LogP) is 3.29. The number of para-hydroxylation sites is 1. The molecule has 0 radical (unpaired) electrons. The topological polar surface area (TPSA) is 54.5 Å². The van der Waals surface area contributed by atoms with Crippen LogP contribution in [0.25, 0.3) is 0 Å². The summed E-state index contributed by atoms with van der Waals surface area (Å²) in [5.41, 5.74) is 0.557. The first-order chi connectivity index (χ1) is 12.4. The molecule has 0 spiro atoms. The van der Waals surface area contributed by atoms with Crippen molar-refractivity contribution in [2.45, 2.75) is 12.9 Å². The largest absolute Gasteiger partial charge is 0.573 e. The molecule has 136 valence electrons. The van der Waals surface area contributed by atoms with E-state index >= 15 is 0 Å². The summed E-state index contributed by atoms with van der Waals surface area (Å²) in [5.74, 6) is -0.00353. The summed E-state index contributed by atoms with van der Waals surface area (Å²) in [5, 5.41) is 2.58. The molecule has 1 N–H and O–H groups in total. The third kappa shape index (κ3) is 4.53. The molecular formula is C18H16F3N3O2. The number of hydrogen-bond acceptors (Lipinski definition) is 4. The number of carbonyl (C=O) groups is 1. The van der Waals surface area contributed by atoms with Gasteiger partial charge in [-0.2, -0.15) is 0 Å². The van der Waals surface area contributed by atoms with Gasteiger partial charge in [0, 0.05) is 31.4 Å². The summed E-state index contributed by atoms with van der Waals surface area (Å²) < 4.78 is 41.2. The number of nitrogens with zero attached hydrogens (tertiary/aromatic N) is 2. The van der Waals surface area contributed by atoms with Crippen molar-refractivity contribution < 1.29 is 22.7 Å². The van der Waals surface area contributed by atoms with Gasteiger partial charge >= 0.3 is 6.36 Å². The highest BCUT2D eigenvalue weighted by atomic mass is 19.4. The van der Waals surface area contributed by atoms with Crippen molar-refractivity contribution in [1.29, 1.82) is 0 Å². The molecule has 0 atom stereocenters.